The van der Waals surface area contributed by atoms with E-state index in [0.29, 0.717) is 10.6 Å². The lowest BCUT2D eigenvalue weighted by Gasteiger charge is -2.10. The van der Waals surface area contributed by atoms with Crippen molar-refractivity contribution in [3.05, 3.63) is 82.4 Å². The van der Waals surface area contributed by atoms with E-state index in [1.165, 1.54) is 18.5 Å². The van der Waals surface area contributed by atoms with Crippen molar-refractivity contribution in [1.82, 2.24) is 10.4 Å². The number of carbonyl (C=O) groups is 3. The summed E-state index contributed by atoms with van der Waals surface area (Å²) in [6, 6.07) is 13.1. The van der Waals surface area contributed by atoms with Crippen LogP contribution in [0.3, 0.4) is 0 Å². The second-order valence-corrected chi connectivity index (χ2v) is 5.93. The number of ketones is 1. The van der Waals surface area contributed by atoms with Crippen LogP contribution < -0.4 is 21.6 Å². The number of carbonyl (C=O) groups excluding carboxylic acids is 3. The number of aromatic amines is 2. The first kappa shape index (κ1) is 18.3. The van der Waals surface area contributed by atoms with Crippen molar-refractivity contribution in [1.29, 1.82) is 0 Å². The lowest BCUT2D eigenvalue weighted by atomic mass is 10.0. The van der Waals surface area contributed by atoms with Gasteiger partial charge in [0, 0.05) is 16.1 Å². The molecule has 9 heteroatoms. The van der Waals surface area contributed by atoms with Crippen molar-refractivity contribution in [3.63, 3.8) is 0 Å². The van der Waals surface area contributed by atoms with Gasteiger partial charge in [-0.1, -0.05) is 41.9 Å². The molecule has 0 radical (unpaired) electrons. The molecule has 0 aliphatic heterocycles. The van der Waals surface area contributed by atoms with Crippen LogP contribution >= 0.6 is 11.6 Å². The first-order valence-corrected chi connectivity index (χ1v) is 8.19. The first-order chi connectivity index (χ1) is 13.0. The van der Waals surface area contributed by atoms with Gasteiger partial charge >= 0.3 is 5.91 Å². The van der Waals surface area contributed by atoms with Crippen molar-refractivity contribution in [3.8, 4) is 0 Å². The van der Waals surface area contributed by atoms with Gasteiger partial charge in [-0.05, 0) is 18.2 Å². The highest BCUT2D eigenvalue weighted by atomic mass is 35.5. The molecule has 3 rings (SSSR count). The average molecular weight is 385 g/mol. The fourth-order valence-electron chi connectivity index (χ4n) is 2.50. The average Bonchev–Trinajstić information content (AvgIpc) is 3.19. The van der Waals surface area contributed by atoms with Gasteiger partial charge < -0.3 is 5.32 Å². The Kier molecular flexibility index (Phi) is 5.30. The largest absolute Gasteiger partial charge is 0.318 e. The van der Waals surface area contributed by atoms with Crippen LogP contribution in [0.15, 0.2) is 54.9 Å². The molecule has 0 fully saturated rings. The smallest absolute Gasteiger partial charge is 0.309 e. The Labute approximate surface area is 158 Å². The maximum Gasteiger partial charge on any atom is 0.309 e. The molecule has 0 spiro atoms. The predicted octanol–water partition coefficient (Wildman–Crippen LogP) is 1.57. The number of imidazole rings is 1. The van der Waals surface area contributed by atoms with Gasteiger partial charge in [0.25, 0.3) is 5.91 Å². The Morgan fingerprint density at radius 3 is 2.48 bits per heavy atom. The van der Waals surface area contributed by atoms with E-state index in [2.05, 4.69) is 15.3 Å². The van der Waals surface area contributed by atoms with Gasteiger partial charge in [-0.15, -0.1) is 0 Å². The molecule has 27 heavy (non-hydrogen) atoms. The summed E-state index contributed by atoms with van der Waals surface area (Å²) < 4.78 is 0. The molecular formula is C18H15ClN5O3+. The van der Waals surface area contributed by atoms with Crippen LogP contribution in [0, 0.1) is 0 Å². The first-order valence-electron chi connectivity index (χ1n) is 7.82. The normalized spacial score (nSPS) is 10.3. The van der Waals surface area contributed by atoms with Gasteiger partial charge in [0.2, 0.25) is 17.7 Å². The molecule has 0 aliphatic carbocycles. The van der Waals surface area contributed by atoms with Gasteiger partial charge in [-0.2, -0.15) is 0 Å². The number of H-pyrrole nitrogens is 2. The number of halogens is 1. The highest BCUT2D eigenvalue weighted by Gasteiger charge is 2.26. The molecule has 1 aromatic heterocycles. The van der Waals surface area contributed by atoms with E-state index in [1.54, 1.807) is 36.4 Å². The summed E-state index contributed by atoms with van der Waals surface area (Å²) in [6.07, 6.45) is 1.32. The fourth-order valence-corrected chi connectivity index (χ4v) is 2.67. The zero-order valence-electron chi connectivity index (χ0n) is 13.9. The Morgan fingerprint density at radius 2 is 1.78 bits per heavy atom. The van der Waals surface area contributed by atoms with Gasteiger partial charge in [0.05, 0.1) is 5.69 Å². The lowest BCUT2D eigenvalue weighted by Crippen LogP contribution is -2.35. The molecule has 2 amide bonds. The standard InChI is InChI=1S/C18H14ClN5O3/c19-11-6-7-13(12(8-11)16(25)10-4-2-1-3-5-10)23-17(26)14-15(18(27)24-20)22-9-21-14/h1-9H,20H2,(H,21,22)(H,23,26)(H,24,27)/p+1. The molecule has 6 N–H and O–H groups in total. The fraction of sp³-hybridized carbons (Fsp3) is 0. The molecule has 3 aromatic rings. The number of benzene rings is 2. The summed E-state index contributed by atoms with van der Waals surface area (Å²) in [5.74, 6) is 3.51. The number of nitrogens with one attached hydrogen (secondary N) is 4. The molecule has 0 saturated carbocycles. The third-order valence-corrected chi connectivity index (χ3v) is 4.01. The maximum absolute atomic E-state index is 12.8. The van der Waals surface area contributed by atoms with Gasteiger partial charge in [0.1, 0.15) is 0 Å². The Bertz CT molecular complexity index is 1020. The van der Waals surface area contributed by atoms with Gasteiger partial charge in [0.15, 0.2) is 5.78 Å². The van der Waals surface area contributed by atoms with E-state index >= 15 is 0 Å². The number of rotatable bonds is 5. The zero-order valence-corrected chi connectivity index (χ0v) is 14.6. The van der Waals surface area contributed by atoms with E-state index in [1.807, 2.05) is 5.43 Å². The number of hydrazine groups is 1. The van der Waals surface area contributed by atoms with E-state index in [4.69, 9.17) is 17.4 Å². The maximum atomic E-state index is 12.8. The van der Waals surface area contributed by atoms with Gasteiger partial charge in [-0.3, -0.25) is 19.8 Å². The van der Waals surface area contributed by atoms with E-state index in [0.717, 1.165) is 0 Å². The van der Waals surface area contributed by atoms with Crippen molar-refractivity contribution in [2.24, 2.45) is 5.84 Å². The Morgan fingerprint density at radius 1 is 1.04 bits per heavy atom. The lowest BCUT2D eigenvalue weighted by molar-refractivity contribution is -0.379. The van der Waals surface area contributed by atoms with Crippen LogP contribution in [-0.2, 0) is 0 Å². The summed E-state index contributed by atoms with van der Waals surface area (Å²) in [5, 5.41) is 2.97. The van der Waals surface area contributed by atoms with Crippen molar-refractivity contribution in [2.75, 3.05) is 5.32 Å². The summed E-state index contributed by atoms with van der Waals surface area (Å²) in [5.41, 5.74) is 2.80. The summed E-state index contributed by atoms with van der Waals surface area (Å²) in [7, 11) is 0. The Hall–Kier alpha value is -3.49. The second-order valence-electron chi connectivity index (χ2n) is 5.50. The zero-order chi connectivity index (χ0) is 19.4. The second kappa shape index (κ2) is 7.81. The number of aromatic nitrogens is 2. The molecular weight excluding hydrogens is 370 g/mol. The minimum Gasteiger partial charge on any atom is -0.318 e. The van der Waals surface area contributed by atoms with Crippen LogP contribution in [0.5, 0.6) is 0 Å². The van der Waals surface area contributed by atoms with Crippen LogP contribution in [0.2, 0.25) is 5.02 Å². The van der Waals surface area contributed by atoms with Crippen LogP contribution in [-0.4, -0.2) is 22.6 Å². The highest BCUT2D eigenvalue weighted by molar-refractivity contribution is 6.31. The third-order valence-electron chi connectivity index (χ3n) is 3.78. The summed E-state index contributed by atoms with van der Waals surface area (Å²) >= 11 is 6.03. The SMILES string of the molecule is NNC(=O)c1[nH+]c[nH]c1C(=O)Nc1ccc(Cl)cc1C(=O)c1ccccc1. The molecule has 0 saturated heterocycles. The molecule has 136 valence electrons. The molecule has 0 aliphatic rings. The van der Waals surface area contributed by atoms with Crippen LogP contribution in [0.4, 0.5) is 5.69 Å². The minimum atomic E-state index is -0.668. The molecule has 0 atom stereocenters. The molecule has 1 heterocycles. The molecule has 0 bridgehead atoms. The van der Waals surface area contributed by atoms with E-state index in [9.17, 15) is 14.4 Å². The molecule has 8 nitrogen and oxygen atoms in total. The summed E-state index contributed by atoms with van der Waals surface area (Å²) in [4.78, 5) is 42.3. The Balaban J connectivity index is 1.94. The van der Waals surface area contributed by atoms with E-state index in [-0.39, 0.29) is 28.4 Å². The minimum absolute atomic E-state index is 0.0361. The highest BCUT2D eigenvalue weighted by Crippen LogP contribution is 2.24. The number of hydrogen-bond donors (Lipinski definition) is 4. The third kappa shape index (κ3) is 3.86. The monoisotopic (exact) mass is 384 g/mol. The topological polar surface area (TPSA) is 131 Å². The number of hydrogen-bond acceptors (Lipinski definition) is 4. The van der Waals surface area contributed by atoms with Crippen molar-refractivity contribution in [2.45, 2.75) is 0 Å². The molecule has 2 aromatic carbocycles. The van der Waals surface area contributed by atoms with Crippen LogP contribution in [0.25, 0.3) is 0 Å². The van der Waals surface area contributed by atoms with Crippen LogP contribution in [0.1, 0.15) is 36.9 Å². The number of anilines is 1. The number of nitrogen functional groups attached to an aromatic ring is 1. The number of amides is 2. The van der Waals surface area contributed by atoms with Crippen molar-refractivity contribution < 1.29 is 19.4 Å². The summed E-state index contributed by atoms with van der Waals surface area (Å²) in [6.45, 7) is 0. The predicted molar refractivity (Wildman–Crippen MR) is 98.3 cm³/mol. The number of nitrogens with two attached hydrogens (primary N) is 1. The van der Waals surface area contributed by atoms with E-state index < -0.39 is 11.8 Å². The van der Waals surface area contributed by atoms with Gasteiger partial charge in [-0.25, -0.2) is 15.8 Å². The molecule has 0 unspecified atom stereocenters. The quantitative estimate of drug-likeness (QED) is 0.230. The van der Waals surface area contributed by atoms with Crippen molar-refractivity contribution >= 4 is 34.9 Å².